The smallest absolute Gasteiger partial charge is 0.601 e. The average molecular weight is 188 g/mol. The normalized spacial score (nSPS) is 9.67. The molecule has 8 heteroatoms. The van der Waals surface area contributed by atoms with Crippen LogP contribution in [0.3, 0.4) is 0 Å². The third kappa shape index (κ3) is 6.91. The third-order valence-corrected chi connectivity index (χ3v) is 0.606. The second-order valence-corrected chi connectivity index (χ2v) is 1.75. The summed E-state index contributed by atoms with van der Waals surface area (Å²) in [6.45, 7) is 1.58. The van der Waals surface area contributed by atoms with Gasteiger partial charge in [0, 0.05) is 13.8 Å². The zero-order valence-electron chi connectivity index (χ0n) is 7.37. The Balaban J connectivity index is -0.000000500. The largest absolute Gasteiger partial charge is 1.00 e. The Kier molecular flexibility index (Phi) is 5.16. The van der Waals surface area contributed by atoms with Gasteiger partial charge in [0.25, 0.3) is 11.9 Å². The molecule has 4 nitrogen and oxygen atoms in total. The fraction of sp³-hybridized carbons (Fsp3) is 0.500. The zero-order chi connectivity index (χ0) is 9.07. The summed E-state index contributed by atoms with van der Waals surface area (Å²) in [6.07, 6.45) is 0. The highest BCUT2D eigenvalue weighted by molar-refractivity contribution is 6.55. The van der Waals surface area contributed by atoms with Crippen LogP contribution >= 0.6 is 0 Å². The maximum atomic E-state index is 12.1. The van der Waals surface area contributed by atoms with Crippen LogP contribution in [0.25, 0.3) is 0 Å². The molecule has 0 saturated carbocycles. The van der Waals surface area contributed by atoms with Gasteiger partial charge in [-0.3, -0.25) is 14.3 Å². The van der Waals surface area contributed by atoms with Crippen molar-refractivity contribution < 1.29 is 33.7 Å². The number of rotatable bonds is 2. The minimum absolute atomic E-state index is 0. The minimum atomic E-state index is -4.77. The molecule has 0 spiro atoms. The van der Waals surface area contributed by atoms with Crippen molar-refractivity contribution in [3.8, 4) is 0 Å². The molecule has 0 aliphatic carbocycles. The van der Waals surface area contributed by atoms with Crippen molar-refractivity contribution in [1.82, 2.24) is 0 Å². The van der Waals surface area contributed by atoms with E-state index in [4.69, 9.17) is 0 Å². The van der Waals surface area contributed by atoms with Crippen LogP contribution in [0.5, 0.6) is 0 Å². The molecule has 0 fully saturated rings. The van der Waals surface area contributed by atoms with Gasteiger partial charge in [0.15, 0.2) is 0 Å². The summed E-state index contributed by atoms with van der Waals surface area (Å²) in [7, 11) is -4.77. The lowest BCUT2D eigenvalue weighted by molar-refractivity contribution is -0.142. The Morgan fingerprint density at radius 2 is 1.42 bits per heavy atom. The summed E-state index contributed by atoms with van der Waals surface area (Å²) in [5, 5.41) is 0. The van der Waals surface area contributed by atoms with Gasteiger partial charge in [-0.15, -0.1) is 0 Å². The fourth-order valence-corrected chi connectivity index (χ4v) is 0.410. The van der Waals surface area contributed by atoms with E-state index >= 15 is 0 Å². The Morgan fingerprint density at radius 1 is 1.17 bits per heavy atom. The molecule has 0 N–H and O–H groups in total. The van der Waals surface area contributed by atoms with E-state index in [9.17, 15) is 18.2 Å². The van der Waals surface area contributed by atoms with Gasteiger partial charge in [-0.25, -0.2) is 0 Å². The Bertz CT molecular complexity index is 170. The molecule has 0 aliphatic heterocycles. The second kappa shape index (κ2) is 4.63. The first-order valence-electron chi connectivity index (χ1n) is 2.72. The molecule has 0 atom stereocenters. The summed E-state index contributed by atoms with van der Waals surface area (Å²) < 4.78 is 31.0. The molecule has 0 unspecified atom stereocenters. The zero-order valence-corrected chi connectivity index (χ0v) is 6.37. The van der Waals surface area contributed by atoms with E-state index in [0.717, 1.165) is 13.8 Å². The molecule has 72 valence electrons. The topological polar surface area (TPSA) is 52.6 Å². The Morgan fingerprint density at radius 3 is 1.58 bits per heavy atom. The van der Waals surface area contributed by atoms with Gasteiger partial charge in [-0.2, -0.15) is 0 Å². The first-order chi connectivity index (χ1) is 4.83. The van der Waals surface area contributed by atoms with Crippen molar-refractivity contribution in [2.75, 3.05) is 0 Å². The highest BCUT2D eigenvalue weighted by Crippen LogP contribution is 2.10. The number of halogens is 3. The summed E-state index contributed by atoms with van der Waals surface area (Å²) in [4.78, 5) is 19.9. The van der Waals surface area contributed by atoms with E-state index in [2.05, 4.69) is 9.31 Å². The predicted molar refractivity (Wildman–Crippen MR) is 35.1 cm³/mol. The summed E-state index contributed by atoms with van der Waals surface area (Å²) in [5.41, 5.74) is 0. The van der Waals surface area contributed by atoms with Crippen molar-refractivity contribution in [2.45, 2.75) is 13.8 Å². The lowest BCUT2D eigenvalue weighted by Crippen LogP contribution is -2.35. The van der Waals surface area contributed by atoms with Crippen LogP contribution in [-0.2, 0) is 18.9 Å². The van der Waals surface area contributed by atoms with E-state index in [1.165, 1.54) is 0 Å². The molecule has 0 aromatic rings. The molecule has 0 heterocycles. The second-order valence-electron chi connectivity index (χ2n) is 1.75. The van der Waals surface area contributed by atoms with Gasteiger partial charge in [-0.1, -0.05) is 0 Å². The van der Waals surface area contributed by atoms with Crippen LogP contribution in [0, 0.1) is 0 Å². The van der Waals surface area contributed by atoms with Crippen LogP contribution in [-0.4, -0.2) is 19.0 Å². The highest BCUT2D eigenvalue weighted by atomic mass is 19.3. The van der Waals surface area contributed by atoms with Crippen LogP contribution in [0.15, 0.2) is 0 Å². The van der Waals surface area contributed by atoms with Gasteiger partial charge in [0.05, 0.1) is 0 Å². The fourth-order valence-electron chi connectivity index (χ4n) is 0.410. The first-order valence-corrected chi connectivity index (χ1v) is 2.72. The number of hydrogen-bond donors (Lipinski definition) is 0. The van der Waals surface area contributed by atoms with Crippen LogP contribution in [0.2, 0.25) is 0 Å². The van der Waals surface area contributed by atoms with E-state index in [0.29, 0.717) is 0 Å². The third-order valence-electron chi connectivity index (χ3n) is 0.606. The van der Waals surface area contributed by atoms with Crippen molar-refractivity contribution in [3.05, 3.63) is 0 Å². The van der Waals surface area contributed by atoms with E-state index in [1.807, 2.05) is 0 Å². The van der Waals surface area contributed by atoms with Gasteiger partial charge in [0.2, 0.25) is 0 Å². The van der Waals surface area contributed by atoms with Gasteiger partial charge >= 0.3 is 8.53 Å². The van der Waals surface area contributed by atoms with Crippen molar-refractivity contribution >= 4 is 19.0 Å². The van der Waals surface area contributed by atoms with Crippen molar-refractivity contribution in [2.24, 2.45) is 0 Å². The van der Waals surface area contributed by atoms with Gasteiger partial charge in [0.1, 0.15) is 0 Å². The maximum absolute atomic E-state index is 12.1. The molecular formula is C4H8BF3O4. The average Bonchev–Trinajstić information content (AvgIpc) is 1.53. The van der Waals surface area contributed by atoms with Crippen LogP contribution in [0.4, 0.5) is 13.3 Å². The molecule has 0 aliphatic rings. The lowest BCUT2D eigenvalue weighted by atomic mass is 10.2. The minimum Gasteiger partial charge on any atom is -0.601 e. The van der Waals surface area contributed by atoms with E-state index < -0.39 is 19.0 Å². The SMILES string of the molecule is CC(=O)O[B-](F)(F)OC(C)=O.F.[H+]. The first kappa shape index (κ1) is 13.4. The molecule has 0 amide bonds. The molecule has 0 radical (unpaired) electrons. The predicted octanol–water partition coefficient (Wildman–Crippen LogP) is 0.752. The number of carbonyl (C=O) groups excluding carboxylic acids is 2. The van der Waals surface area contributed by atoms with Crippen molar-refractivity contribution in [3.63, 3.8) is 0 Å². The van der Waals surface area contributed by atoms with E-state index in [1.54, 1.807) is 0 Å². The Hall–Kier alpha value is -1.21. The molecule has 0 aromatic heterocycles. The molecule has 0 aromatic carbocycles. The molecule has 0 saturated heterocycles. The Labute approximate surface area is 67.8 Å². The van der Waals surface area contributed by atoms with Crippen LogP contribution < -0.4 is 0 Å². The molecule has 12 heavy (non-hydrogen) atoms. The summed E-state index contributed by atoms with van der Waals surface area (Å²) >= 11 is 0. The molecular weight excluding hydrogens is 180 g/mol. The van der Waals surface area contributed by atoms with Crippen molar-refractivity contribution in [1.29, 1.82) is 0 Å². The standard InChI is InChI=1S/C4H6BF2O4.FH/c1-3(8)10-5(6,7)11-4(2)9;/h1-2H3;1H/q-1;/p+1. The van der Waals surface area contributed by atoms with E-state index in [-0.39, 0.29) is 6.13 Å². The quantitative estimate of drug-likeness (QED) is 0.600. The molecule has 0 rings (SSSR count). The highest BCUT2D eigenvalue weighted by Gasteiger charge is 2.35. The lowest BCUT2D eigenvalue weighted by Gasteiger charge is -2.23. The van der Waals surface area contributed by atoms with Gasteiger partial charge in [-0.05, 0) is 0 Å². The summed E-state index contributed by atoms with van der Waals surface area (Å²) in [5.74, 6) is -2.40. The van der Waals surface area contributed by atoms with Crippen LogP contribution in [0.1, 0.15) is 15.3 Å². The maximum Gasteiger partial charge on any atom is 1.00 e. The monoisotopic (exact) mass is 188 g/mol. The number of hydrogen-bond acceptors (Lipinski definition) is 4. The number of carbonyl (C=O) groups is 2. The van der Waals surface area contributed by atoms with Gasteiger partial charge < -0.3 is 17.9 Å². The molecule has 0 bridgehead atoms. The summed E-state index contributed by atoms with van der Waals surface area (Å²) in [6, 6.07) is 0.